The molecular formula is C7H14O3. The van der Waals surface area contributed by atoms with Crippen LogP contribution in [0.4, 0.5) is 0 Å². The first kappa shape index (κ1) is 9.59. The van der Waals surface area contributed by atoms with Crippen LogP contribution in [0.2, 0.25) is 0 Å². The van der Waals surface area contributed by atoms with Gasteiger partial charge in [0, 0.05) is 6.42 Å². The third kappa shape index (κ3) is 4.47. The van der Waals surface area contributed by atoms with Crippen molar-refractivity contribution in [2.75, 3.05) is 0 Å². The second-order valence-corrected chi connectivity index (χ2v) is 2.61. The molecule has 0 aliphatic heterocycles. The molecule has 0 aliphatic rings. The van der Waals surface area contributed by atoms with Crippen LogP contribution in [0.25, 0.3) is 0 Å². The Morgan fingerprint density at radius 3 is 2.30 bits per heavy atom. The van der Waals surface area contributed by atoms with Gasteiger partial charge in [-0.15, -0.1) is 0 Å². The van der Waals surface area contributed by atoms with E-state index in [0.717, 1.165) is 0 Å². The van der Waals surface area contributed by atoms with Crippen molar-refractivity contribution in [3.05, 3.63) is 0 Å². The maximum Gasteiger partial charge on any atom is 0.169 e. The topological polar surface area (TPSA) is 57.5 Å². The van der Waals surface area contributed by atoms with Crippen LogP contribution < -0.4 is 0 Å². The van der Waals surface area contributed by atoms with Gasteiger partial charge in [0.1, 0.15) is 5.78 Å². The largest absolute Gasteiger partial charge is 0.365 e. The number of Topliss-reactive ketones (excluding diaryl/α,β-unsaturated/α-hetero) is 1. The molecule has 0 saturated carbocycles. The Morgan fingerprint density at radius 2 is 2.00 bits per heavy atom. The van der Waals surface area contributed by atoms with Crippen LogP contribution in [-0.4, -0.2) is 21.8 Å². The molecule has 0 fully saturated rings. The van der Waals surface area contributed by atoms with E-state index in [9.17, 15) is 4.79 Å². The summed E-state index contributed by atoms with van der Waals surface area (Å²) in [6, 6.07) is 0. The lowest BCUT2D eigenvalue weighted by atomic mass is 10.1. The normalized spacial score (nSPS) is 11.6. The number of hydrogen-bond donors (Lipinski definition) is 2. The lowest BCUT2D eigenvalue weighted by molar-refractivity contribution is -0.174. The molecule has 0 amide bonds. The minimum absolute atomic E-state index is 0.166. The second-order valence-electron chi connectivity index (χ2n) is 2.61. The molecule has 2 N–H and O–H groups in total. The number of aliphatic hydroxyl groups is 2. The first-order valence-corrected chi connectivity index (χ1v) is 3.42. The zero-order valence-corrected chi connectivity index (χ0v) is 6.42. The Kier molecular flexibility index (Phi) is 3.53. The molecule has 0 bridgehead atoms. The lowest BCUT2D eigenvalue weighted by Crippen LogP contribution is -2.30. The second kappa shape index (κ2) is 3.68. The van der Waals surface area contributed by atoms with E-state index in [2.05, 4.69) is 0 Å². The molecule has 0 radical (unpaired) electrons. The van der Waals surface area contributed by atoms with Crippen molar-refractivity contribution < 1.29 is 15.0 Å². The highest BCUT2D eigenvalue weighted by atomic mass is 16.5. The zero-order valence-electron chi connectivity index (χ0n) is 6.42. The van der Waals surface area contributed by atoms with Gasteiger partial charge in [-0.05, 0) is 6.92 Å². The van der Waals surface area contributed by atoms with Crippen LogP contribution in [0.1, 0.15) is 33.1 Å². The summed E-state index contributed by atoms with van der Waals surface area (Å²) in [6.07, 6.45) is 0.758. The molecule has 0 aromatic carbocycles. The van der Waals surface area contributed by atoms with Crippen molar-refractivity contribution >= 4 is 5.78 Å². The Balaban J connectivity index is 3.74. The van der Waals surface area contributed by atoms with E-state index in [-0.39, 0.29) is 18.6 Å². The predicted molar refractivity (Wildman–Crippen MR) is 37.4 cm³/mol. The van der Waals surface area contributed by atoms with Gasteiger partial charge in [-0.1, -0.05) is 13.3 Å². The third-order valence-corrected chi connectivity index (χ3v) is 1.18. The van der Waals surface area contributed by atoms with E-state index < -0.39 is 5.79 Å². The molecule has 0 saturated heterocycles. The molecule has 3 nitrogen and oxygen atoms in total. The first-order chi connectivity index (χ1) is 4.48. The van der Waals surface area contributed by atoms with Crippen LogP contribution in [0.3, 0.4) is 0 Å². The minimum atomic E-state index is -1.78. The first-order valence-electron chi connectivity index (χ1n) is 3.42. The van der Waals surface area contributed by atoms with Crippen molar-refractivity contribution in [3.63, 3.8) is 0 Å². The van der Waals surface area contributed by atoms with E-state index in [0.29, 0.717) is 6.42 Å². The summed E-state index contributed by atoms with van der Waals surface area (Å²) < 4.78 is 0. The van der Waals surface area contributed by atoms with Gasteiger partial charge < -0.3 is 10.2 Å². The van der Waals surface area contributed by atoms with Gasteiger partial charge in [0.05, 0.1) is 6.42 Å². The molecule has 0 atom stereocenters. The SMILES string of the molecule is CCCC(O)(O)CC(C)=O. The summed E-state index contributed by atoms with van der Waals surface area (Å²) in [6.45, 7) is 3.18. The monoisotopic (exact) mass is 146 g/mol. The number of carbonyl (C=O) groups excluding carboxylic acids is 1. The van der Waals surface area contributed by atoms with Gasteiger partial charge >= 0.3 is 0 Å². The fourth-order valence-electron chi connectivity index (χ4n) is 0.887. The summed E-state index contributed by atoms with van der Waals surface area (Å²) in [5.74, 6) is -1.97. The molecule has 0 aliphatic carbocycles. The maximum atomic E-state index is 10.4. The van der Waals surface area contributed by atoms with Gasteiger partial charge in [-0.25, -0.2) is 0 Å². The van der Waals surface area contributed by atoms with E-state index in [1.807, 2.05) is 6.92 Å². The van der Waals surface area contributed by atoms with Crippen LogP contribution in [-0.2, 0) is 4.79 Å². The Bertz CT molecular complexity index is 118. The van der Waals surface area contributed by atoms with E-state index in [1.54, 1.807) is 0 Å². The number of hydrogen-bond acceptors (Lipinski definition) is 3. The molecule has 0 rings (SSSR count). The van der Waals surface area contributed by atoms with Crippen molar-refractivity contribution in [1.29, 1.82) is 0 Å². The smallest absolute Gasteiger partial charge is 0.169 e. The predicted octanol–water partition coefficient (Wildman–Crippen LogP) is 0.447. The van der Waals surface area contributed by atoms with Crippen molar-refractivity contribution in [2.24, 2.45) is 0 Å². The van der Waals surface area contributed by atoms with Gasteiger partial charge in [0.2, 0.25) is 0 Å². The molecule has 3 heteroatoms. The maximum absolute atomic E-state index is 10.4. The molecule has 60 valence electrons. The Labute approximate surface area is 60.7 Å². The zero-order chi connectivity index (χ0) is 8.20. The van der Waals surface area contributed by atoms with E-state index in [1.165, 1.54) is 6.92 Å². The highest BCUT2D eigenvalue weighted by molar-refractivity contribution is 5.76. The summed E-state index contributed by atoms with van der Waals surface area (Å²) in [5, 5.41) is 18.0. The lowest BCUT2D eigenvalue weighted by Gasteiger charge is -2.18. The summed E-state index contributed by atoms with van der Waals surface area (Å²) in [4.78, 5) is 10.4. The molecule has 0 unspecified atom stereocenters. The van der Waals surface area contributed by atoms with Crippen LogP contribution >= 0.6 is 0 Å². The average Bonchev–Trinajstić information content (AvgIpc) is 1.59. The van der Waals surface area contributed by atoms with Crippen molar-refractivity contribution in [1.82, 2.24) is 0 Å². The minimum Gasteiger partial charge on any atom is -0.365 e. The molecule has 0 heterocycles. The Morgan fingerprint density at radius 1 is 1.50 bits per heavy atom. The molecular weight excluding hydrogens is 132 g/mol. The summed E-state index contributed by atoms with van der Waals surface area (Å²) in [5.41, 5.74) is 0. The molecule has 0 spiro atoms. The summed E-state index contributed by atoms with van der Waals surface area (Å²) in [7, 11) is 0. The number of ketones is 1. The standard InChI is InChI=1S/C7H14O3/c1-3-4-7(9,10)5-6(2)8/h9-10H,3-5H2,1-2H3. The Hall–Kier alpha value is -0.410. The van der Waals surface area contributed by atoms with E-state index >= 15 is 0 Å². The number of rotatable bonds is 4. The van der Waals surface area contributed by atoms with Gasteiger partial charge in [-0.2, -0.15) is 0 Å². The average molecular weight is 146 g/mol. The summed E-state index contributed by atoms with van der Waals surface area (Å²) >= 11 is 0. The third-order valence-electron chi connectivity index (χ3n) is 1.18. The number of carbonyl (C=O) groups is 1. The van der Waals surface area contributed by atoms with E-state index in [4.69, 9.17) is 10.2 Å². The van der Waals surface area contributed by atoms with Crippen LogP contribution in [0.15, 0.2) is 0 Å². The van der Waals surface area contributed by atoms with Gasteiger partial charge in [0.15, 0.2) is 5.79 Å². The van der Waals surface area contributed by atoms with Crippen LogP contribution in [0, 0.1) is 0 Å². The highest BCUT2D eigenvalue weighted by Gasteiger charge is 2.23. The fourth-order valence-corrected chi connectivity index (χ4v) is 0.887. The van der Waals surface area contributed by atoms with Crippen LogP contribution in [0.5, 0.6) is 0 Å². The van der Waals surface area contributed by atoms with Gasteiger partial charge in [0.25, 0.3) is 0 Å². The van der Waals surface area contributed by atoms with Crippen molar-refractivity contribution in [3.8, 4) is 0 Å². The molecule has 0 aromatic rings. The van der Waals surface area contributed by atoms with Gasteiger partial charge in [-0.3, -0.25) is 4.79 Å². The fraction of sp³-hybridized carbons (Fsp3) is 0.857. The quantitative estimate of drug-likeness (QED) is 0.566. The highest BCUT2D eigenvalue weighted by Crippen LogP contribution is 2.13. The van der Waals surface area contributed by atoms with Crippen molar-refractivity contribution in [2.45, 2.75) is 38.9 Å². The molecule has 10 heavy (non-hydrogen) atoms. The molecule has 0 aromatic heterocycles.